The zero-order chi connectivity index (χ0) is 14.8. The molecule has 108 valence electrons. The van der Waals surface area contributed by atoms with Crippen LogP contribution in [0.5, 0.6) is 0 Å². The van der Waals surface area contributed by atoms with Crippen molar-refractivity contribution in [3.05, 3.63) is 46.6 Å². The molecule has 0 saturated heterocycles. The molecule has 0 bridgehead atoms. The first-order valence-corrected chi connectivity index (χ1v) is 7.17. The van der Waals surface area contributed by atoms with Crippen molar-refractivity contribution in [2.24, 2.45) is 0 Å². The molecule has 6 heteroatoms. The van der Waals surface area contributed by atoms with Crippen LogP contribution >= 0.6 is 11.6 Å². The third-order valence-electron chi connectivity index (χ3n) is 3.38. The molecule has 0 aliphatic carbocycles. The van der Waals surface area contributed by atoms with Gasteiger partial charge in [-0.2, -0.15) is 5.10 Å². The lowest BCUT2D eigenvalue weighted by molar-refractivity contribution is 0.901. The van der Waals surface area contributed by atoms with Crippen LogP contribution < -0.4 is 5.32 Å². The second kappa shape index (κ2) is 5.69. The normalized spacial score (nSPS) is 11.0. The van der Waals surface area contributed by atoms with Crippen LogP contribution in [0.1, 0.15) is 17.1 Å². The number of pyridine rings is 1. The van der Waals surface area contributed by atoms with Crippen LogP contribution in [0.4, 0.5) is 5.69 Å². The molecule has 3 aromatic rings. The maximum absolute atomic E-state index is 6.37. The molecular weight excluding hydrogens is 286 g/mol. The quantitative estimate of drug-likeness (QED) is 0.776. The van der Waals surface area contributed by atoms with Crippen molar-refractivity contribution in [3.63, 3.8) is 0 Å². The molecule has 2 heterocycles. The van der Waals surface area contributed by atoms with Gasteiger partial charge in [-0.05, 0) is 25.5 Å². The zero-order valence-corrected chi connectivity index (χ0v) is 12.7. The molecular formula is C15H16ClN5. The molecule has 0 radical (unpaired) electrons. The first kappa shape index (κ1) is 13.8. The molecule has 0 unspecified atom stereocenters. The molecule has 0 aliphatic rings. The van der Waals surface area contributed by atoms with Crippen molar-refractivity contribution in [2.45, 2.75) is 20.3 Å². The fraction of sp³-hybridized carbons (Fsp3) is 0.267. The standard InChI is InChI=1S/C15H16ClN5/c1-9-3-4-11-12(7-10(2)20-15(11)14(9)16)17-6-5-13-18-8-19-21-13/h3-4,7-8H,5-6H2,1-2H3,(H,17,20)(H,18,19,21). The first-order chi connectivity index (χ1) is 10.1. The van der Waals surface area contributed by atoms with Crippen LogP contribution in [0.2, 0.25) is 5.02 Å². The summed E-state index contributed by atoms with van der Waals surface area (Å²) in [6, 6.07) is 6.11. The van der Waals surface area contributed by atoms with Gasteiger partial charge in [0, 0.05) is 29.7 Å². The predicted octanol–water partition coefficient (Wildman–Crippen LogP) is 3.28. The smallest absolute Gasteiger partial charge is 0.137 e. The van der Waals surface area contributed by atoms with Crippen molar-refractivity contribution >= 4 is 28.2 Å². The summed E-state index contributed by atoms with van der Waals surface area (Å²) < 4.78 is 0. The second-order valence-electron chi connectivity index (χ2n) is 5.01. The summed E-state index contributed by atoms with van der Waals surface area (Å²) in [5, 5.41) is 11.9. The molecule has 5 nitrogen and oxygen atoms in total. The van der Waals surface area contributed by atoms with E-state index < -0.39 is 0 Å². The third kappa shape index (κ3) is 2.83. The summed E-state index contributed by atoms with van der Waals surface area (Å²) >= 11 is 6.37. The summed E-state index contributed by atoms with van der Waals surface area (Å²) in [4.78, 5) is 8.67. The van der Waals surface area contributed by atoms with Crippen LogP contribution in [0.15, 0.2) is 24.5 Å². The van der Waals surface area contributed by atoms with Crippen molar-refractivity contribution in [1.29, 1.82) is 0 Å². The van der Waals surface area contributed by atoms with Crippen LogP contribution in [0.3, 0.4) is 0 Å². The maximum Gasteiger partial charge on any atom is 0.137 e. The summed E-state index contributed by atoms with van der Waals surface area (Å²) in [5.74, 6) is 0.867. The lowest BCUT2D eigenvalue weighted by Gasteiger charge is -2.12. The Morgan fingerprint density at radius 1 is 1.29 bits per heavy atom. The maximum atomic E-state index is 6.37. The molecule has 0 saturated carbocycles. The second-order valence-corrected chi connectivity index (χ2v) is 5.39. The number of aryl methyl sites for hydroxylation is 2. The van der Waals surface area contributed by atoms with Crippen molar-refractivity contribution in [2.75, 3.05) is 11.9 Å². The van der Waals surface area contributed by atoms with E-state index in [-0.39, 0.29) is 0 Å². The Balaban J connectivity index is 1.89. The van der Waals surface area contributed by atoms with Crippen LogP contribution in [-0.2, 0) is 6.42 Å². The summed E-state index contributed by atoms with van der Waals surface area (Å²) in [5.41, 5.74) is 3.87. The number of aromatic nitrogens is 4. The molecule has 0 fully saturated rings. The molecule has 0 spiro atoms. The zero-order valence-electron chi connectivity index (χ0n) is 11.9. The third-order valence-corrected chi connectivity index (χ3v) is 3.86. The van der Waals surface area contributed by atoms with Gasteiger partial charge in [0.15, 0.2) is 0 Å². The first-order valence-electron chi connectivity index (χ1n) is 6.79. The Labute approximate surface area is 127 Å². The molecule has 1 aromatic carbocycles. The number of hydrogen-bond donors (Lipinski definition) is 2. The fourth-order valence-corrected chi connectivity index (χ4v) is 2.51. The largest absolute Gasteiger partial charge is 0.384 e. The van der Waals surface area contributed by atoms with Gasteiger partial charge in [-0.1, -0.05) is 23.7 Å². The van der Waals surface area contributed by atoms with Gasteiger partial charge < -0.3 is 5.32 Å². The highest BCUT2D eigenvalue weighted by Gasteiger charge is 2.09. The van der Waals surface area contributed by atoms with Crippen LogP contribution in [0.25, 0.3) is 10.9 Å². The highest BCUT2D eigenvalue weighted by atomic mass is 35.5. The Kier molecular flexibility index (Phi) is 3.75. The number of anilines is 1. The SMILES string of the molecule is Cc1cc(NCCc2ncn[nH]2)c2ccc(C)c(Cl)c2n1. The van der Waals surface area contributed by atoms with Crippen molar-refractivity contribution in [3.8, 4) is 0 Å². The van der Waals surface area contributed by atoms with Gasteiger partial charge in [0.25, 0.3) is 0 Å². The van der Waals surface area contributed by atoms with E-state index in [1.165, 1.54) is 6.33 Å². The summed E-state index contributed by atoms with van der Waals surface area (Å²) in [7, 11) is 0. The topological polar surface area (TPSA) is 66.5 Å². The van der Waals surface area contributed by atoms with Gasteiger partial charge in [0.2, 0.25) is 0 Å². The minimum atomic E-state index is 0.717. The van der Waals surface area contributed by atoms with Gasteiger partial charge in [0.05, 0.1) is 10.5 Å². The van der Waals surface area contributed by atoms with E-state index in [0.29, 0.717) is 0 Å². The number of hydrogen-bond acceptors (Lipinski definition) is 4. The lowest BCUT2D eigenvalue weighted by atomic mass is 10.1. The molecule has 0 atom stereocenters. The number of nitrogens with one attached hydrogen (secondary N) is 2. The molecule has 2 aromatic heterocycles. The van der Waals surface area contributed by atoms with E-state index in [9.17, 15) is 0 Å². The van der Waals surface area contributed by atoms with Crippen molar-refractivity contribution < 1.29 is 0 Å². The number of H-pyrrole nitrogens is 1. The van der Waals surface area contributed by atoms with Crippen LogP contribution in [0, 0.1) is 13.8 Å². The average molecular weight is 302 g/mol. The van der Waals surface area contributed by atoms with Crippen molar-refractivity contribution in [1.82, 2.24) is 20.2 Å². The number of fused-ring (bicyclic) bond motifs is 1. The Hall–Kier alpha value is -2.14. The van der Waals surface area contributed by atoms with Gasteiger partial charge in [-0.3, -0.25) is 10.1 Å². The van der Waals surface area contributed by atoms with Gasteiger partial charge in [-0.15, -0.1) is 0 Å². The monoisotopic (exact) mass is 301 g/mol. The molecule has 0 amide bonds. The minimum Gasteiger partial charge on any atom is -0.384 e. The molecule has 3 rings (SSSR count). The summed E-state index contributed by atoms with van der Waals surface area (Å²) in [6.07, 6.45) is 2.30. The van der Waals surface area contributed by atoms with E-state index >= 15 is 0 Å². The average Bonchev–Trinajstić information content (AvgIpc) is 2.96. The van der Waals surface area contributed by atoms with E-state index in [1.54, 1.807) is 0 Å². The van der Waals surface area contributed by atoms with E-state index in [0.717, 1.165) is 51.7 Å². The van der Waals surface area contributed by atoms with Gasteiger partial charge in [-0.25, -0.2) is 4.98 Å². The number of nitrogens with zero attached hydrogens (tertiary/aromatic N) is 3. The predicted molar refractivity (Wildman–Crippen MR) is 84.8 cm³/mol. The highest BCUT2D eigenvalue weighted by Crippen LogP contribution is 2.30. The highest BCUT2D eigenvalue weighted by molar-refractivity contribution is 6.36. The van der Waals surface area contributed by atoms with Gasteiger partial charge >= 0.3 is 0 Å². The Bertz CT molecular complexity index is 767. The molecule has 2 N–H and O–H groups in total. The Morgan fingerprint density at radius 2 is 2.14 bits per heavy atom. The number of rotatable bonds is 4. The van der Waals surface area contributed by atoms with Crippen LogP contribution in [-0.4, -0.2) is 26.7 Å². The van der Waals surface area contributed by atoms with E-state index in [2.05, 4.69) is 31.5 Å². The Morgan fingerprint density at radius 3 is 2.90 bits per heavy atom. The van der Waals surface area contributed by atoms with E-state index in [4.69, 9.17) is 11.6 Å². The lowest BCUT2D eigenvalue weighted by Crippen LogP contribution is -2.07. The number of aromatic amines is 1. The number of benzene rings is 1. The fourth-order valence-electron chi connectivity index (χ4n) is 2.30. The molecule has 0 aliphatic heterocycles. The van der Waals surface area contributed by atoms with Gasteiger partial charge in [0.1, 0.15) is 12.2 Å². The minimum absolute atomic E-state index is 0.717. The number of halogens is 1. The summed E-state index contributed by atoms with van der Waals surface area (Å²) in [6.45, 7) is 4.72. The van der Waals surface area contributed by atoms with E-state index in [1.807, 2.05) is 26.0 Å². The molecule has 21 heavy (non-hydrogen) atoms.